The Morgan fingerprint density at radius 1 is 1.33 bits per heavy atom. The lowest BCUT2D eigenvalue weighted by molar-refractivity contribution is 0.194. The van der Waals surface area contributed by atoms with Crippen LogP contribution >= 0.6 is 0 Å². The molecule has 0 bridgehead atoms. The largest absolute Gasteiger partial charge is 0.387 e. The Bertz CT molecular complexity index is 600. The van der Waals surface area contributed by atoms with Crippen molar-refractivity contribution in [1.82, 2.24) is 15.2 Å². The summed E-state index contributed by atoms with van der Waals surface area (Å²) in [6.07, 6.45) is 3.67. The number of nitrogens with zero attached hydrogens (tertiary/aromatic N) is 3. The minimum atomic E-state index is -0.518. The van der Waals surface area contributed by atoms with Gasteiger partial charge < -0.3 is 10.0 Å². The minimum Gasteiger partial charge on any atom is -0.387 e. The highest BCUT2D eigenvalue weighted by atomic mass is 16.3. The number of aromatic nitrogens is 3. The van der Waals surface area contributed by atoms with Gasteiger partial charge in [-0.2, -0.15) is 5.10 Å². The van der Waals surface area contributed by atoms with E-state index in [4.69, 9.17) is 0 Å². The summed E-state index contributed by atoms with van der Waals surface area (Å²) in [6, 6.07) is 5.86. The third-order valence-electron chi connectivity index (χ3n) is 4.31. The van der Waals surface area contributed by atoms with Gasteiger partial charge in [-0.3, -0.25) is 5.10 Å². The lowest BCUT2D eigenvalue weighted by atomic mass is 9.90. The van der Waals surface area contributed by atoms with Crippen LogP contribution in [0.3, 0.4) is 0 Å². The zero-order chi connectivity index (χ0) is 14.8. The van der Waals surface area contributed by atoms with Gasteiger partial charge in [0.25, 0.3) is 0 Å². The van der Waals surface area contributed by atoms with Gasteiger partial charge in [-0.1, -0.05) is 6.07 Å². The van der Waals surface area contributed by atoms with Gasteiger partial charge in [-0.05, 0) is 50.3 Å². The predicted octanol–water partition coefficient (Wildman–Crippen LogP) is 2.55. The van der Waals surface area contributed by atoms with Crippen molar-refractivity contribution in [2.24, 2.45) is 0 Å². The van der Waals surface area contributed by atoms with Crippen molar-refractivity contribution >= 4 is 5.82 Å². The molecule has 2 N–H and O–H groups in total. The van der Waals surface area contributed by atoms with Crippen LogP contribution in [0.5, 0.6) is 0 Å². The first kappa shape index (κ1) is 14.1. The normalized spacial score (nSPS) is 18.0. The molecule has 2 aromatic heterocycles. The molecule has 1 aliphatic rings. The first-order chi connectivity index (χ1) is 10.1. The number of nitrogens with one attached hydrogen (secondary N) is 1. The van der Waals surface area contributed by atoms with Crippen LogP contribution in [0.1, 0.15) is 48.7 Å². The van der Waals surface area contributed by atoms with Crippen molar-refractivity contribution < 1.29 is 5.11 Å². The molecule has 0 aromatic carbocycles. The van der Waals surface area contributed by atoms with Crippen molar-refractivity contribution in [1.29, 1.82) is 0 Å². The van der Waals surface area contributed by atoms with Crippen LogP contribution in [0, 0.1) is 6.92 Å². The van der Waals surface area contributed by atoms with E-state index in [2.05, 4.69) is 27.0 Å². The van der Waals surface area contributed by atoms with E-state index < -0.39 is 6.10 Å². The first-order valence-electron chi connectivity index (χ1n) is 7.55. The molecule has 0 saturated carbocycles. The number of H-pyrrole nitrogens is 1. The molecule has 1 saturated heterocycles. The lowest BCUT2D eigenvalue weighted by Crippen LogP contribution is -2.33. The van der Waals surface area contributed by atoms with Gasteiger partial charge in [0, 0.05) is 18.8 Å². The van der Waals surface area contributed by atoms with Crippen LogP contribution in [0.2, 0.25) is 0 Å². The van der Waals surface area contributed by atoms with Gasteiger partial charge >= 0.3 is 0 Å². The molecule has 21 heavy (non-hydrogen) atoms. The smallest absolute Gasteiger partial charge is 0.128 e. The summed E-state index contributed by atoms with van der Waals surface area (Å²) in [5.74, 6) is 1.55. The second-order valence-corrected chi connectivity index (χ2v) is 5.81. The molecular formula is C16H22N4O. The average molecular weight is 286 g/mol. The number of hydrogen-bond donors (Lipinski definition) is 2. The Kier molecular flexibility index (Phi) is 3.92. The summed E-state index contributed by atoms with van der Waals surface area (Å²) in [7, 11) is 0. The van der Waals surface area contributed by atoms with Crippen LogP contribution in [0.15, 0.2) is 24.4 Å². The number of rotatable bonds is 3. The second kappa shape index (κ2) is 5.85. The van der Waals surface area contributed by atoms with Crippen molar-refractivity contribution in [2.45, 2.75) is 38.7 Å². The molecule has 1 atom stereocenters. The zero-order valence-corrected chi connectivity index (χ0v) is 12.6. The Labute approximate surface area is 125 Å². The maximum Gasteiger partial charge on any atom is 0.128 e. The van der Waals surface area contributed by atoms with Crippen molar-refractivity contribution in [3.05, 3.63) is 41.3 Å². The Morgan fingerprint density at radius 2 is 2.10 bits per heavy atom. The monoisotopic (exact) mass is 286 g/mol. The highest BCUT2D eigenvalue weighted by molar-refractivity contribution is 5.40. The molecule has 0 amide bonds. The van der Waals surface area contributed by atoms with Crippen molar-refractivity contribution in [2.75, 3.05) is 18.0 Å². The van der Waals surface area contributed by atoms with E-state index in [1.54, 1.807) is 6.92 Å². The van der Waals surface area contributed by atoms with E-state index in [-0.39, 0.29) is 0 Å². The summed E-state index contributed by atoms with van der Waals surface area (Å²) in [6.45, 7) is 5.82. The summed E-state index contributed by atoms with van der Waals surface area (Å²) >= 11 is 0. The maximum absolute atomic E-state index is 9.65. The van der Waals surface area contributed by atoms with Gasteiger partial charge in [-0.15, -0.1) is 0 Å². The van der Waals surface area contributed by atoms with Crippen LogP contribution in [0.25, 0.3) is 0 Å². The van der Waals surface area contributed by atoms with E-state index in [9.17, 15) is 5.11 Å². The summed E-state index contributed by atoms with van der Waals surface area (Å²) in [4.78, 5) is 6.86. The molecule has 1 fully saturated rings. The van der Waals surface area contributed by atoms with Gasteiger partial charge in [-0.25, -0.2) is 4.98 Å². The van der Waals surface area contributed by atoms with E-state index >= 15 is 0 Å². The van der Waals surface area contributed by atoms with Crippen LogP contribution in [0.4, 0.5) is 5.82 Å². The zero-order valence-electron chi connectivity index (χ0n) is 12.6. The number of aromatic amines is 1. The molecule has 5 heteroatoms. The fourth-order valence-electron chi connectivity index (χ4n) is 3.04. The SMILES string of the molecule is Cc1[nH]ncc1C1CCN(c2cccc(C(C)O)n2)CC1. The Balaban J connectivity index is 1.68. The number of aryl methyl sites for hydroxylation is 1. The molecule has 1 unspecified atom stereocenters. The first-order valence-corrected chi connectivity index (χ1v) is 7.55. The van der Waals surface area contributed by atoms with E-state index in [1.807, 2.05) is 24.4 Å². The molecular weight excluding hydrogens is 264 g/mol. The fraction of sp³-hybridized carbons (Fsp3) is 0.500. The summed E-state index contributed by atoms with van der Waals surface area (Å²) in [5.41, 5.74) is 3.27. The number of hydrogen-bond acceptors (Lipinski definition) is 4. The number of aliphatic hydroxyl groups excluding tert-OH is 1. The van der Waals surface area contributed by atoms with E-state index in [0.717, 1.165) is 37.4 Å². The van der Waals surface area contributed by atoms with Gasteiger partial charge in [0.1, 0.15) is 5.82 Å². The molecule has 5 nitrogen and oxygen atoms in total. The van der Waals surface area contributed by atoms with Gasteiger partial charge in [0.15, 0.2) is 0 Å². The molecule has 0 aliphatic carbocycles. The van der Waals surface area contributed by atoms with Crippen LogP contribution in [-0.4, -0.2) is 33.4 Å². The van der Waals surface area contributed by atoms with Crippen LogP contribution < -0.4 is 4.90 Å². The standard InChI is InChI=1S/C16H22N4O/c1-11-14(10-17-19-11)13-6-8-20(9-7-13)16-5-3-4-15(18-16)12(2)21/h3-5,10,12-13,21H,6-9H2,1-2H3,(H,17,19). The fourth-order valence-corrected chi connectivity index (χ4v) is 3.04. The number of aliphatic hydroxyl groups is 1. The summed E-state index contributed by atoms with van der Waals surface area (Å²) in [5, 5.41) is 16.8. The topological polar surface area (TPSA) is 65.0 Å². The lowest BCUT2D eigenvalue weighted by Gasteiger charge is -2.33. The highest BCUT2D eigenvalue weighted by Gasteiger charge is 2.23. The summed E-state index contributed by atoms with van der Waals surface area (Å²) < 4.78 is 0. The van der Waals surface area contributed by atoms with Crippen LogP contribution in [-0.2, 0) is 0 Å². The van der Waals surface area contributed by atoms with E-state index in [0.29, 0.717) is 5.92 Å². The molecule has 2 aromatic rings. The molecule has 0 spiro atoms. The molecule has 1 aliphatic heterocycles. The molecule has 3 heterocycles. The van der Waals surface area contributed by atoms with Crippen molar-refractivity contribution in [3.63, 3.8) is 0 Å². The van der Waals surface area contributed by atoms with Crippen molar-refractivity contribution in [3.8, 4) is 0 Å². The second-order valence-electron chi connectivity index (χ2n) is 5.81. The Morgan fingerprint density at radius 3 is 2.71 bits per heavy atom. The molecule has 0 radical (unpaired) electrons. The quantitative estimate of drug-likeness (QED) is 0.910. The predicted molar refractivity (Wildman–Crippen MR) is 82.4 cm³/mol. The Hall–Kier alpha value is -1.88. The number of anilines is 1. The molecule has 3 rings (SSSR count). The highest BCUT2D eigenvalue weighted by Crippen LogP contribution is 2.31. The maximum atomic E-state index is 9.65. The van der Waals surface area contributed by atoms with E-state index in [1.165, 1.54) is 11.3 Å². The minimum absolute atomic E-state index is 0.518. The number of pyridine rings is 1. The van der Waals surface area contributed by atoms with Gasteiger partial charge in [0.05, 0.1) is 18.0 Å². The third-order valence-corrected chi connectivity index (χ3v) is 4.31. The average Bonchev–Trinajstić information content (AvgIpc) is 2.94. The molecule has 112 valence electrons. The third kappa shape index (κ3) is 2.93. The van der Waals surface area contributed by atoms with Gasteiger partial charge in [0.2, 0.25) is 0 Å². The number of piperidine rings is 1.